The lowest BCUT2D eigenvalue weighted by molar-refractivity contribution is -0.153. The normalized spacial score (nSPS) is 29.6. The summed E-state index contributed by atoms with van der Waals surface area (Å²) in [5.41, 5.74) is 3.55. The fourth-order valence-corrected chi connectivity index (χ4v) is 5.95. The molecule has 1 fully saturated rings. The van der Waals surface area contributed by atoms with Crippen LogP contribution in [0, 0.1) is 11.8 Å². The summed E-state index contributed by atoms with van der Waals surface area (Å²) in [5, 5.41) is 44.2. The molecule has 0 radical (unpaired) electrons. The number of aliphatic hydroxyl groups is 3. The Morgan fingerprint density at radius 2 is 1.88 bits per heavy atom. The van der Waals surface area contributed by atoms with E-state index in [0.717, 1.165) is 17.5 Å². The van der Waals surface area contributed by atoms with E-state index in [0.29, 0.717) is 6.42 Å². The first-order chi connectivity index (χ1) is 15.9. The molecule has 5 atom stereocenters. The van der Waals surface area contributed by atoms with Gasteiger partial charge in [0.25, 0.3) is 5.91 Å². The van der Waals surface area contributed by atoms with Crippen molar-refractivity contribution in [2.75, 3.05) is 14.1 Å². The molecule has 9 nitrogen and oxygen atoms in total. The van der Waals surface area contributed by atoms with Gasteiger partial charge in [0.15, 0.2) is 11.4 Å². The number of fused-ring (bicyclic) bond motifs is 3. The van der Waals surface area contributed by atoms with E-state index in [4.69, 9.17) is 5.73 Å². The Hall–Kier alpha value is -3.17. The molecule has 6 N–H and O–H groups in total. The number of hydrogen-bond donors (Lipinski definition) is 5. The van der Waals surface area contributed by atoms with Gasteiger partial charge >= 0.3 is 0 Å². The van der Waals surface area contributed by atoms with Gasteiger partial charge in [0.2, 0.25) is 5.78 Å². The number of primary amides is 1. The van der Waals surface area contributed by atoms with E-state index in [-0.39, 0.29) is 29.2 Å². The third-order valence-corrected chi connectivity index (χ3v) is 7.78. The van der Waals surface area contributed by atoms with Gasteiger partial charge in [-0.05, 0) is 62.4 Å². The number of rotatable bonds is 4. The number of aromatic hydroxyl groups is 1. The van der Waals surface area contributed by atoms with Crippen LogP contribution in [0.3, 0.4) is 0 Å². The number of aliphatic hydroxyl groups excluding tert-OH is 2. The Balaban J connectivity index is 1.98. The second kappa shape index (κ2) is 7.95. The van der Waals surface area contributed by atoms with Crippen molar-refractivity contribution in [2.45, 2.75) is 50.7 Å². The van der Waals surface area contributed by atoms with Crippen molar-refractivity contribution in [3.8, 4) is 5.75 Å². The lowest BCUT2D eigenvalue weighted by atomic mass is 9.57. The van der Waals surface area contributed by atoms with E-state index in [9.17, 15) is 34.8 Å². The number of likely N-dealkylation sites (N-methyl/N-ethyl adjacent to an activating group) is 1. The highest BCUT2D eigenvalue weighted by atomic mass is 16.3. The fraction of sp³-hybridized carbons (Fsp3) is 0.480. The zero-order chi connectivity index (χ0) is 25.3. The molecule has 1 aromatic carbocycles. The predicted octanol–water partition coefficient (Wildman–Crippen LogP) is 1.48. The molecule has 3 aliphatic rings. The molecule has 9 heteroatoms. The first-order valence-electron chi connectivity index (χ1n) is 11.4. The molecule has 1 amide bonds. The Morgan fingerprint density at radius 1 is 1.24 bits per heavy atom. The van der Waals surface area contributed by atoms with Crippen LogP contribution in [0.1, 0.15) is 49.3 Å². The maximum absolute atomic E-state index is 13.8. The number of ketones is 2. The molecule has 1 aromatic rings. The summed E-state index contributed by atoms with van der Waals surface area (Å²) in [6.07, 6.45) is 1.22. The number of nitrogens with zero attached hydrogens (tertiary/aromatic N) is 1. The number of carbonyl (C=O) groups excluding carboxylic acids is 3. The summed E-state index contributed by atoms with van der Waals surface area (Å²) >= 11 is 0. The van der Waals surface area contributed by atoms with Crippen LogP contribution >= 0.6 is 0 Å². The zero-order valence-corrected chi connectivity index (χ0v) is 19.6. The lowest BCUT2D eigenvalue weighted by Crippen LogP contribution is -2.65. The molecule has 1 saturated carbocycles. The molecule has 34 heavy (non-hydrogen) atoms. The summed E-state index contributed by atoms with van der Waals surface area (Å²) in [4.78, 5) is 40.3. The average molecular weight is 471 g/mol. The molecule has 4 rings (SSSR count). The number of nitrogens with two attached hydrogens (primary N) is 1. The van der Waals surface area contributed by atoms with Crippen molar-refractivity contribution >= 4 is 23.2 Å². The Labute approximate surface area is 197 Å². The summed E-state index contributed by atoms with van der Waals surface area (Å²) < 4.78 is 0. The summed E-state index contributed by atoms with van der Waals surface area (Å²) in [6, 6.07) is 2.18. The summed E-state index contributed by atoms with van der Waals surface area (Å²) in [5.74, 6) is -6.25. The SMILES string of the molecule is CCC(C)c1ccc(O)c2c1C[C@H]1C[C@H]3[C@H](N(C)C)C(=O)C(C(N)=O)=C(O)[C@@]3(O)C(=O)C1=C2O. The number of phenols is 1. The second-order valence-electron chi connectivity index (χ2n) is 9.80. The molecule has 0 bridgehead atoms. The number of amides is 1. The van der Waals surface area contributed by atoms with Crippen LogP contribution in [0.4, 0.5) is 0 Å². The Bertz CT molecular complexity index is 1180. The van der Waals surface area contributed by atoms with Gasteiger partial charge in [-0.3, -0.25) is 19.3 Å². The van der Waals surface area contributed by atoms with Gasteiger partial charge in [0, 0.05) is 11.5 Å². The van der Waals surface area contributed by atoms with E-state index >= 15 is 0 Å². The lowest BCUT2D eigenvalue weighted by Gasteiger charge is -2.50. The predicted molar refractivity (Wildman–Crippen MR) is 123 cm³/mol. The van der Waals surface area contributed by atoms with Crippen LogP contribution in [-0.4, -0.2) is 68.5 Å². The van der Waals surface area contributed by atoms with Crippen LogP contribution in [0.5, 0.6) is 5.75 Å². The molecule has 3 aliphatic carbocycles. The van der Waals surface area contributed by atoms with Crippen LogP contribution in [-0.2, 0) is 20.8 Å². The van der Waals surface area contributed by atoms with Crippen LogP contribution < -0.4 is 5.73 Å². The average Bonchev–Trinajstić information content (AvgIpc) is 2.75. The van der Waals surface area contributed by atoms with Gasteiger partial charge in [0.1, 0.15) is 22.8 Å². The quantitative estimate of drug-likeness (QED) is 0.413. The smallest absolute Gasteiger partial charge is 0.255 e. The number of benzene rings is 1. The minimum atomic E-state index is -2.62. The zero-order valence-electron chi connectivity index (χ0n) is 19.6. The minimum absolute atomic E-state index is 0.0847. The molecule has 1 unspecified atom stereocenters. The van der Waals surface area contributed by atoms with Crippen molar-refractivity contribution in [2.24, 2.45) is 17.6 Å². The molecule has 0 aliphatic heterocycles. The standard InChI is InChI=1S/C25H30N2O7/c1-5-10(2)12-6-7-15(28)17-13(12)8-11-9-14-19(27(3)4)21(30)18(24(26)33)23(32)25(14,34)22(31)16(11)20(17)29/h6-7,10-11,14,19,28-29,32,34H,5,8-9H2,1-4H3,(H2,26,33)/t10?,11-,14-,19-,25-/m0/s1. The third-order valence-electron chi connectivity index (χ3n) is 7.78. The Morgan fingerprint density at radius 3 is 2.44 bits per heavy atom. The van der Waals surface area contributed by atoms with Crippen molar-refractivity contribution in [1.82, 2.24) is 4.90 Å². The van der Waals surface area contributed by atoms with Gasteiger partial charge in [-0.2, -0.15) is 0 Å². The van der Waals surface area contributed by atoms with Gasteiger partial charge in [-0.15, -0.1) is 0 Å². The van der Waals surface area contributed by atoms with E-state index in [1.807, 2.05) is 19.9 Å². The highest BCUT2D eigenvalue weighted by molar-refractivity contribution is 6.24. The number of hydrogen-bond acceptors (Lipinski definition) is 8. The molecule has 0 spiro atoms. The monoisotopic (exact) mass is 470 g/mol. The molecular weight excluding hydrogens is 440 g/mol. The maximum atomic E-state index is 13.8. The van der Waals surface area contributed by atoms with Crippen molar-refractivity contribution < 1.29 is 34.8 Å². The largest absolute Gasteiger partial charge is 0.508 e. The molecular formula is C25H30N2O7. The number of carbonyl (C=O) groups is 3. The van der Waals surface area contributed by atoms with E-state index in [1.54, 1.807) is 14.1 Å². The highest BCUT2D eigenvalue weighted by Crippen LogP contribution is 2.53. The third kappa shape index (κ3) is 3.03. The van der Waals surface area contributed by atoms with E-state index in [2.05, 4.69) is 0 Å². The first kappa shape index (κ1) is 24.0. The summed E-state index contributed by atoms with van der Waals surface area (Å²) in [7, 11) is 3.15. The van der Waals surface area contributed by atoms with E-state index < -0.39 is 58.0 Å². The van der Waals surface area contributed by atoms with Gasteiger partial charge < -0.3 is 26.2 Å². The van der Waals surface area contributed by atoms with Gasteiger partial charge in [-0.25, -0.2) is 0 Å². The first-order valence-corrected chi connectivity index (χ1v) is 11.4. The summed E-state index contributed by atoms with van der Waals surface area (Å²) in [6.45, 7) is 4.06. The van der Waals surface area contributed by atoms with Gasteiger partial charge in [0.05, 0.1) is 11.6 Å². The van der Waals surface area contributed by atoms with Crippen LogP contribution in [0.2, 0.25) is 0 Å². The number of Topliss-reactive ketones (excluding diaryl/α,β-unsaturated/α-hetero) is 2. The molecule has 182 valence electrons. The van der Waals surface area contributed by atoms with Crippen LogP contribution in [0.25, 0.3) is 5.76 Å². The Kier molecular flexibility index (Phi) is 5.61. The topological polar surface area (TPSA) is 161 Å². The molecule has 0 aromatic heterocycles. The highest BCUT2D eigenvalue weighted by Gasteiger charge is 2.64. The molecule has 0 saturated heterocycles. The maximum Gasteiger partial charge on any atom is 0.255 e. The minimum Gasteiger partial charge on any atom is -0.508 e. The van der Waals surface area contributed by atoms with Crippen molar-refractivity contribution in [3.05, 3.63) is 45.7 Å². The van der Waals surface area contributed by atoms with Gasteiger partial charge in [-0.1, -0.05) is 19.9 Å². The van der Waals surface area contributed by atoms with Crippen molar-refractivity contribution in [1.29, 1.82) is 0 Å². The van der Waals surface area contributed by atoms with Crippen molar-refractivity contribution in [3.63, 3.8) is 0 Å². The van der Waals surface area contributed by atoms with Crippen LogP contribution in [0.15, 0.2) is 29.0 Å². The van der Waals surface area contributed by atoms with E-state index in [1.165, 1.54) is 11.0 Å². The fourth-order valence-electron chi connectivity index (χ4n) is 5.95. The molecule has 0 heterocycles. The second-order valence-corrected chi connectivity index (χ2v) is 9.80. The number of phenolic OH excluding ortho intramolecular Hbond substituents is 1.